The molecule has 2 saturated heterocycles. The van der Waals surface area contributed by atoms with Gasteiger partial charge in [-0.2, -0.15) is 5.10 Å². The second kappa shape index (κ2) is 5.06. The molecule has 0 saturated carbocycles. The van der Waals surface area contributed by atoms with E-state index in [0.29, 0.717) is 12.5 Å². The molecule has 3 rings (SSSR count). The van der Waals surface area contributed by atoms with E-state index in [1.807, 2.05) is 4.68 Å². The largest absolute Gasteiger partial charge is 0.464 e. The summed E-state index contributed by atoms with van der Waals surface area (Å²) in [5.74, 6) is 0.505. The fourth-order valence-corrected chi connectivity index (χ4v) is 2.94. The van der Waals surface area contributed by atoms with Crippen molar-refractivity contribution in [1.29, 1.82) is 0 Å². The zero-order valence-corrected chi connectivity index (χ0v) is 10.4. The van der Waals surface area contributed by atoms with Gasteiger partial charge in [-0.1, -0.05) is 0 Å². The van der Waals surface area contributed by atoms with Crippen molar-refractivity contribution in [2.45, 2.75) is 31.8 Å². The number of likely N-dealkylation sites (tertiary alicyclic amines) is 1. The van der Waals surface area contributed by atoms with E-state index in [1.165, 1.54) is 6.42 Å². The summed E-state index contributed by atoms with van der Waals surface area (Å²) < 4.78 is 6.93. The molecule has 2 atom stereocenters. The molecule has 2 fully saturated rings. The van der Waals surface area contributed by atoms with Crippen molar-refractivity contribution in [3.8, 4) is 0 Å². The maximum Gasteiger partial charge on any atom is 0.323 e. The number of nitrogens with zero attached hydrogens (tertiary/aromatic N) is 4. The average molecular weight is 250 g/mol. The number of esters is 1. The van der Waals surface area contributed by atoms with Crippen LogP contribution < -0.4 is 0 Å². The van der Waals surface area contributed by atoms with E-state index in [0.717, 1.165) is 32.5 Å². The predicted octanol–water partition coefficient (Wildman–Crippen LogP) is 0.306. The minimum atomic E-state index is -0.0450. The smallest absolute Gasteiger partial charge is 0.323 e. The monoisotopic (exact) mass is 250 g/mol. The van der Waals surface area contributed by atoms with Crippen molar-refractivity contribution in [2.24, 2.45) is 5.92 Å². The van der Waals surface area contributed by atoms with E-state index in [4.69, 9.17) is 4.74 Å². The number of carbonyl (C=O) groups is 1. The first-order chi connectivity index (χ1) is 8.83. The molecule has 1 aromatic heterocycles. The van der Waals surface area contributed by atoms with Gasteiger partial charge < -0.3 is 4.74 Å². The zero-order chi connectivity index (χ0) is 12.4. The lowest BCUT2D eigenvalue weighted by Crippen LogP contribution is -2.45. The lowest BCUT2D eigenvalue weighted by molar-refractivity contribution is -0.142. The Labute approximate surface area is 106 Å². The molecule has 98 valence electrons. The van der Waals surface area contributed by atoms with Crippen molar-refractivity contribution >= 4 is 5.97 Å². The summed E-state index contributed by atoms with van der Waals surface area (Å²) >= 11 is 0. The highest BCUT2D eigenvalue weighted by Gasteiger charge is 2.35. The Hall–Kier alpha value is -1.43. The van der Waals surface area contributed by atoms with Gasteiger partial charge in [0.2, 0.25) is 0 Å². The number of rotatable bonds is 3. The molecule has 2 aliphatic heterocycles. The van der Waals surface area contributed by atoms with Crippen LogP contribution in [0.4, 0.5) is 0 Å². The Morgan fingerprint density at radius 3 is 3.11 bits per heavy atom. The molecule has 0 radical (unpaired) electrons. The van der Waals surface area contributed by atoms with E-state index in [9.17, 15) is 4.79 Å². The van der Waals surface area contributed by atoms with Crippen LogP contribution in [0.3, 0.4) is 0 Å². The minimum Gasteiger partial charge on any atom is -0.464 e. The first kappa shape index (κ1) is 11.6. The Kier molecular flexibility index (Phi) is 3.27. The van der Waals surface area contributed by atoms with E-state index >= 15 is 0 Å². The molecule has 0 amide bonds. The average Bonchev–Trinajstić information content (AvgIpc) is 3.01. The molecular weight excluding hydrogens is 232 g/mol. The second-order valence-corrected chi connectivity index (χ2v) is 5.09. The van der Waals surface area contributed by atoms with Crippen LogP contribution >= 0.6 is 0 Å². The summed E-state index contributed by atoms with van der Waals surface area (Å²) in [6.07, 6.45) is 6.49. The molecule has 0 bridgehead atoms. The van der Waals surface area contributed by atoms with Gasteiger partial charge in [-0.15, -0.1) is 0 Å². The highest BCUT2D eigenvalue weighted by Crippen LogP contribution is 2.23. The summed E-state index contributed by atoms with van der Waals surface area (Å²) in [4.78, 5) is 17.8. The van der Waals surface area contributed by atoms with Gasteiger partial charge in [-0.3, -0.25) is 14.4 Å². The Morgan fingerprint density at radius 1 is 1.44 bits per heavy atom. The van der Waals surface area contributed by atoms with Gasteiger partial charge in [-0.05, 0) is 25.3 Å². The Bertz CT molecular complexity index is 406. The molecule has 0 aliphatic carbocycles. The molecule has 0 spiro atoms. The van der Waals surface area contributed by atoms with Crippen LogP contribution in [0.2, 0.25) is 0 Å². The van der Waals surface area contributed by atoms with Crippen molar-refractivity contribution in [2.75, 3.05) is 19.7 Å². The fourth-order valence-electron chi connectivity index (χ4n) is 2.94. The number of aromatic nitrogens is 3. The van der Waals surface area contributed by atoms with Crippen LogP contribution in [-0.2, 0) is 16.1 Å². The Balaban J connectivity index is 1.59. The molecule has 0 N–H and O–H groups in total. The third kappa shape index (κ3) is 2.38. The third-order valence-corrected chi connectivity index (χ3v) is 3.81. The number of carbonyl (C=O) groups excluding carboxylic acids is 1. The minimum absolute atomic E-state index is 0.0106. The topological polar surface area (TPSA) is 60.2 Å². The fraction of sp³-hybridized carbons (Fsp3) is 0.750. The second-order valence-electron chi connectivity index (χ2n) is 5.09. The van der Waals surface area contributed by atoms with Gasteiger partial charge in [-0.25, -0.2) is 4.98 Å². The number of piperidine rings is 1. The van der Waals surface area contributed by atoms with Gasteiger partial charge >= 0.3 is 5.97 Å². The maximum absolute atomic E-state index is 11.6. The zero-order valence-electron chi connectivity index (χ0n) is 10.4. The summed E-state index contributed by atoms with van der Waals surface area (Å²) in [6, 6.07) is -0.0106. The number of cyclic esters (lactones) is 1. The molecule has 0 unspecified atom stereocenters. The third-order valence-electron chi connectivity index (χ3n) is 3.81. The summed E-state index contributed by atoms with van der Waals surface area (Å²) in [6.45, 7) is 3.43. The molecule has 18 heavy (non-hydrogen) atoms. The molecule has 1 aromatic rings. The van der Waals surface area contributed by atoms with Crippen LogP contribution in [0.25, 0.3) is 0 Å². The van der Waals surface area contributed by atoms with Gasteiger partial charge in [0.1, 0.15) is 18.7 Å². The van der Waals surface area contributed by atoms with Gasteiger partial charge in [0, 0.05) is 19.5 Å². The van der Waals surface area contributed by atoms with Crippen molar-refractivity contribution < 1.29 is 9.53 Å². The quantitative estimate of drug-likeness (QED) is 0.722. The summed E-state index contributed by atoms with van der Waals surface area (Å²) in [5.41, 5.74) is 0. The van der Waals surface area contributed by atoms with Crippen LogP contribution in [0, 0.1) is 5.92 Å². The lowest BCUT2D eigenvalue weighted by Gasteiger charge is -2.34. The number of hydrogen-bond acceptors (Lipinski definition) is 5. The summed E-state index contributed by atoms with van der Waals surface area (Å²) in [7, 11) is 0. The highest BCUT2D eigenvalue weighted by atomic mass is 16.5. The van der Waals surface area contributed by atoms with E-state index in [2.05, 4.69) is 15.0 Å². The van der Waals surface area contributed by atoms with Crippen molar-refractivity contribution in [3.63, 3.8) is 0 Å². The number of hydrogen-bond donors (Lipinski definition) is 0. The first-order valence-corrected chi connectivity index (χ1v) is 6.56. The first-order valence-electron chi connectivity index (χ1n) is 6.56. The van der Waals surface area contributed by atoms with Crippen molar-refractivity contribution in [3.05, 3.63) is 12.7 Å². The van der Waals surface area contributed by atoms with Gasteiger partial charge in [0.15, 0.2) is 0 Å². The van der Waals surface area contributed by atoms with Crippen LogP contribution in [0.15, 0.2) is 12.7 Å². The predicted molar refractivity (Wildman–Crippen MR) is 63.7 cm³/mol. The molecule has 3 heterocycles. The van der Waals surface area contributed by atoms with Crippen LogP contribution in [-0.4, -0.2) is 51.4 Å². The lowest BCUT2D eigenvalue weighted by atomic mass is 9.96. The SMILES string of the molecule is O=C1OCC[C@@H]1N1CCC[C@H](Cn2cncn2)C1. The molecule has 6 heteroatoms. The molecule has 6 nitrogen and oxygen atoms in total. The molecule has 2 aliphatic rings. The van der Waals surface area contributed by atoms with Gasteiger partial charge in [0.05, 0.1) is 6.61 Å². The standard InChI is InChI=1S/C12H18N4O2/c17-12-11(3-5-18-12)15-4-1-2-10(6-15)7-16-9-13-8-14-16/h8-11H,1-7H2/t10-,11-/m0/s1. The highest BCUT2D eigenvalue weighted by molar-refractivity contribution is 5.77. The molecular formula is C12H18N4O2. The normalized spacial score (nSPS) is 29.4. The maximum atomic E-state index is 11.6. The van der Waals surface area contributed by atoms with Gasteiger partial charge in [0.25, 0.3) is 0 Å². The van der Waals surface area contributed by atoms with E-state index < -0.39 is 0 Å². The summed E-state index contributed by atoms with van der Waals surface area (Å²) in [5, 5.41) is 4.14. The Morgan fingerprint density at radius 2 is 2.39 bits per heavy atom. The number of ether oxygens (including phenoxy) is 1. The van der Waals surface area contributed by atoms with E-state index in [1.54, 1.807) is 12.7 Å². The van der Waals surface area contributed by atoms with Crippen LogP contribution in [0.1, 0.15) is 19.3 Å². The van der Waals surface area contributed by atoms with Crippen molar-refractivity contribution in [1.82, 2.24) is 19.7 Å². The van der Waals surface area contributed by atoms with E-state index in [-0.39, 0.29) is 12.0 Å². The van der Waals surface area contributed by atoms with Crippen LogP contribution in [0.5, 0.6) is 0 Å². The molecule has 0 aromatic carbocycles.